The third-order valence-corrected chi connectivity index (χ3v) is 6.75. The van der Waals surface area contributed by atoms with Crippen LogP contribution in [0.5, 0.6) is 0 Å². The van der Waals surface area contributed by atoms with Gasteiger partial charge in [-0.1, -0.05) is 12.8 Å². The number of aromatic nitrogens is 3. The van der Waals surface area contributed by atoms with E-state index in [4.69, 9.17) is 15.1 Å². The molecule has 2 aromatic rings. The van der Waals surface area contributed by atoms with Crippen molar-refractivity contribution in [3.05, 3.63) is 17.5 Å². The molecular weight excluding hydrogens is 411 g/mol. The lowest BCUT2D eigenvalue weighted by Crippen LogP contribution is -2.42. The molecule has 0 amide bonds. The Hall–Kier alpha value is -2.36. The molecule has 2 aliphatic heterocycles. The molecule has 0 radical (unpaired) electrons. The van der Waals surface area contributed by atoms with E-state index in [1.54, 1.807) is 0 Å². The molecular formula is C21H26F3N5O2. The SMILES string of the molecule is Nc1cc(C2CC2)c2nc1-c1nnc(o1)C(O)(C(F)(F)F)CCCCC[C@@H]1CCCN21. The Kier molecular flexibility index (Phi) is 4.87. The molecule has 4 heterocycles. The van der Waals surface area contributed by atoms with Crippen LogP contribution in [0.3, 0.4) is 0 Å². The predicted octanol–water partition coefficient (Wildman–Crippen LogP) is 4.27. The van der Waals surface area contributed by atoms with Crippen molar-refractivity contribution in [1.82, 2.24) is 15.2 Å². The van der Waals surface area contributed by atoms with Gasteiger partial charge < -0.3 is 20.2 Å². The maximum absolute atomic E-state index is 13.8. The lowest BCUT2D eigenvalue weighted by molar-refractivity contribution is -0.277. The number of anilines is 2. The standard InChI is InChI=1S/C21H26F3N5O2/c22-21(23,24)20(30)9-3-1-2-5-13-6-4-10-29(13)17-14(12-7-8-12)11-15(25)16(26-17)18-27-28-19(20)31-18/h11-13,30H,1-10,25H2/t13-,20?/m1/s1. The van der Waals surface area contributed by atoms with Crippen molar-refractivity contribution in [2.75, 3.05) is 17.2 Å². The Bertz CT molecular complexity index is 974. The van der Waals surface area contributed by atoms with Gasteiger partial charge in [0, 0.05) is 12.6 Å². The van der Waals surface area contributed by atoms with Crippen LogP contribution in [0.25, 0.3) is 11.6 Å². The van der Waals surface area contributed by atoms with Gasteiger partial charge in [0.1, 0.15) is 5.82 Å². The van der Waals surface area contributed by atoms with Crippen LogP contribution in [0, 0.1) is 0 Å². The van der Waals surface area contributed by atoms with Crippen molar-refractivity contribution in [2.45, 2.75) is 81.5 Å². The van der Waals surface area contributed by atoms with E-state index in [9.17, 15) is 18.3 Å². The van der Waals surface area contributed by atoms with Crippen LogP contribution in [0.15, 0.2) is 10.5 Å². The highest BCUT2D eigenvalue weighted by Crippen LogP contribution is 2.48. The Morgan fingerprint density at radius 1 is 1.10 bits per heavy atom. The van der Waals surface area contributed by atoms with Gasteiger partial charge in [0.2, 0.25) is 5.60 Å². The van der Waals surface area contributed by atoms with Gasteiger partial charge in [0.25, 0.3) is 11.8 Å². The summed E-state index contributed by atoms with van der Waals surface area (Å²) in [6.45, 7) is 0.893. The molecule has 31 heavy (non-hydrogen) atoms. The highest BCUT2D eigenvalue weighted by atomic mass is 19.4. The molecule has 0 aromatic carbocycles. The molecule has 2 aromatic heterocycles. The second-order valence-corrected chi connectivity index (χ2v) is 8.97. The first-order chi connectivity index (χ1) is 14.8. The first-order valence-corrected chi connectivity index (χ1v) is 11.0. The van der Waals surface area contributed by atoms with Crippen molar-refractivity contribution in [3.8, 4) is 11.6 Å². The minimum Gasteiger partial charge on any atom is -0.416 e. The summed E-state index contributed by atoms with van der Waals surface area (Å²) in [6, 6.07) is 2.15. The van der Waals surface area contributed by atoms with Gasteiger partial charge in [0.15, 0.2) is 5.69 Å². The number of hydrogen-bond acceptors (Lipinski definition) is 7. The van der Waals surface area contributed by atoms with E-state index in [1.807, 2.05) is 6.07 Å². The lowest BCUT2D eigenvalue weighted by atomic mass is 9.94. The number of halogens is 3. The summed E-state index contributed by atoms with van der Waals surface area (Å²) in [6.07, 6.45) is 1.23. The molecule has 7 nitrogen and oxygen atoms in total. The summed E-state index contributed by atoms with van der Waals surface area (Å²) in [5, 5.41) is 17.9. The average Bonchev–Trinajstić information content (AvgIpc) is 3.25. The number of nitrogens with two attached hydrogens (primary N) is 1. The Morgan fingerprint density at radius 3 is 2.61 bits per heavy atom. The summed E-state index contributed by atoms with van der Waals surface area (Å²) in [5.41, 5.74) is 4.60. The quantitative estimate of drug-likeness (QED) is 0.687. The molecule has 1 unspecified atom stereocenters. The molecule has 1 aliphatic carbocycles. The van der Waals surface area contributed by atoms with Gasteiger partial charge in [-0.15, -0.1) is 10.2 Å². The van der Waals surface area contributed by atoms with Crippen LogP contribution in [-0.2, 0) is 5.60 Å². The average molecular weight is 437 g/mol. The highest BCUT2D eigenvalue weighted by Gasteiger charge is 2.58. The fraction of sp³-hybridized carbons (Fsp3) is 0.667. The number of aliphatic hydroxyl groups is 1. The highest BCUT2D eigenvalue weighted by molar-refractivity contribution is 5.72. The fourth-order valence-corrected chi connectivity index (χ4v) is 4.84. The van der Waals surface area contributed by atoms with Gasteiger partial charge in [-0.05, 0) is 62.5 Å². The zero-order valence-electron chi connectivity index (χ0n) is 17.2. The fourth-order valence-electron chi connectivity index (χ4n) is 4.84. The molecule has 1 saturated carbocycles. The van der Waals surface area contributed by atoms with E-state index >= 15 is 0 Å². The summed E-state index contributed by atoms with van der Waals surface area (Å²) in [4.78, 5) is 7.09. The normalized spacial score (nSPS) is 27.1. The predicted molar refractivity (Wildman–Crippen MR) is 107 cm³/mol. The van der Waals surface area contributed by atoms with Crippen LogP contribution >= 0.6 is 0 Å². The largest absolute Gasteiger partial charge is 0.426 e. The van der Waals surface area contributed by atoms with E-state index in [0.717, 1.165) is 56.5 Å². The third-order valence-electron chi connectivity index (χ3n) is 6.75. The van der Waals surface area contributed by atoms with E-state index in [0.29, 0.717) is 24.1 Å². The van der Waals surface area contributed by atoms with Crippen molar-refractivity contribution < 1.29 is 22.7 Å². The number of nitrogen functional groups attached to an aromatic ring is 1. The third kappa shape index (κ3) is 3.54. The molecule has 0 spiro atoms. The molecule has 2 atom stereocenters. The molecule has 168 valence electrons. The van der Waals surface area contributed by atoms with Gasteiger partial charge in [-0.2, -0.15) is 13.2 Å². The lowest BCUT2D eigenvalue weighted by Gasteiger charge is -2.29. The maximum atomic E-state index is 13.8. The van der Waals surface area contributed by atoms with Gasteiger partial charge in [0.05, 0.1) is 5.69 Å². The number of fused-ring (bicyclic) bond motifs is 7. The Morgan fingerprint density at radius 2 is 1.87 bits per heavy atom. The number of nitrogens with zero attached hydrogens (tertiary/aromatic N) is 4. The van der Waals surface area contributed by atoms with Gasteiger partial charge in [-0.25, -0.2) is 4.98 Å². The summed E-state index contributed by atoms with van der Waals surface area (Å²) in [5.74, 6) is 0.177. The summed E-state index contributed by atoms with van der Waals surface area (Å²) >= 11 is 0. The van der Waals surface area contributed by atoms with E-state index in [1.165, 1.54) is 0 Å². The van der Waals surface area contributed by atoms with Gasteiger partial charge in [-0.3, -0.25) is 0 Å². The number of rotatable bonds is 1. The second-order valence-electron chi connectivity index (χ2n) is 8.97. The van der Waals surface area contributed by atoms with Crippen LogP contribution in [0.4, 0.5) is 24.7 Å². The van der Waals surface area contributed by atoms with Gasteiger partial charge >= 0.3 is 6.18 Å². The molecule has 1 saturated heterocycles. The first-order valence-electron chi connectivity index (χ1n) is 11.0. The molecule has 4 bridgehead atoms. The number of alkyl halides is 3. The minimum absolute atomic E-state index is 0.172. The maximum Gasteiger partial charge on any atom is 0.426 e. The number of hydrogen-bond donors (Lipinski definition) is 2. The Labute approximate surface area is 177 Å². The van der Waals surface area contributed by atoms with Crippen LogP contribution < -0.4 is 10.6 Å². The Balaban J connectivity index is 1.64. The van der Waals surface area contributed by atoms with Crippen LogP contribution in [0.2, 0.25) is 0 Å². The smallest absolute Gasteiger partial charge is 0.416 e. The zero-order valence-corrected chi connectivity index (χ0v) is 17.2. The molecule has 2 fully saturated rings. The second kappa shape index (κ2) is 7.36. The summed E-state index contributed by atoms with van der Waals surface area (Å²) in [7, 11) is 0. The topological polar surface area (TPSA) is 101 Å². The molecule has 5 rings (SSSR count). The van der Waals surface area contributed by atoms with E-state index in [2.05, 4.69) is 15.1 Å². The first kappa shape index (κ1) is 20.5. The minimum atomic E-state index is -4.93. The van der Waals surface area contributed by atoms with Crippen LogP contribution in [-0.4, -0.2) is 39.1 Å². The number of pyridine rings is 1. The van der Waals surface area contributed by atoms with Crippen molar-refractivity contribution in [3.63, 3.8) is 0 Å². The van der Waals surface area contributed by atoms with Crippen LogP contribution in [0.1, 0.15) is 75.2 Å². The monoisotopic (exact) mass is 437 g/mol. The van der Waals surface area contributed by atoms with Crippen molar-refractivity contribution >= 4 is 11.5 Å². The van der Waals surface area contributed by atoms with E-state index in [-0.39, 0.29) is 18.0 Å². The van der Waals surface area contributed by atoms with E-state index < -0.39 is 24.1 Å². The molecule has 3 aliphatic rings. The molecule has 10 heteroatoms. The van der Waals surface area contributed by atoms with Crippen molar-refractivity contribution in [1.29, 1.82) is 0 Å². The van der Waals surface area contributed by atoms with Crippen molar-refractivity contribution in [2.24, 2.45) is 0 Å². The molecule has 3 N–H and O–H groups in total. The summed E-state index contributed by atoms with van der Waals surface area (Å²) < 4.78 is 46.7. The zero-order chi connectivity index (χ0) is 21.8.